The highest BCUT2D eigenvalue weighted by Gasteiger charge is 2.04. The molecule has 0 unspecified atom stereocenters. The van der Waals surface area contributed by atoms with Crippen molar-refractivity contribution in [1.29, 1.82) is 0 Å². The van der Waals surface area contributed by atoms with Gasteiger partial charge in [0, 0.05) is 4.48 Å². The molecule has 0 heterocycles. The number of benzene rings is 2. The zero-order valence-electron chi connectivity index (χ0n) is 12.1. The highest BCUT2D eigenvalue weighted by Crippen LogP contribution is 2.22. The fourth-order valence-corrected chi connectivity index (χ4v) is 2.21. The van der Waals surface area contributed by atoms with E-state index in [1.54, 1.807) is 24.3 Å². The van der Waals surface area contributed by atoms with E-state index in [1.807, 2.05) is 36.4 Å². The number of halogens is 2. The number of hydrazone groups is 1. The number of allylic oxidation sites excluding steroid dienone is 1. The zero-order valence-corrected chi connectivity index (χ0v) is 14.4. The van der Waals surface area contributed by atoms with Crippen LogP contribution in [0.5, 0.6) is 5.75 Å². The van der Waals surface area contributed by atoms with Gasteiger partial charge in [0.15, 0.2) is 6.61 Å². The Morgan fingerprint density at radius 2 is 1.87 bits per heavy atom. The number of hydrogen-bond donors (Lipinski definition) is 1. The van der Waals surface area contributed by atoms with Crippen LogP contribution in [0.15, 0.2) is 64.2 Å². The van der Waals surface area contributed by atoms with E-state index in [0.717, 1.165) is 10.0 Å². The lowest BCUT2D eigenvalue weighted by Gasteiger charge is -2.06. The number of amides is 1. The Kier molecular flexibility index (Phi) is 6.84. The molecule has 6 heteroatoms. The molecule has 0 saturated heterocycles. The fraction of sp³-hybridized carbons (Fsp3) is 0.0588. The van der Waals surface area contributed by atoms with Crippen molar-refractivity contribution >= 4 is 45.7 Å². The number of ether oxygens (including phenoxy) is 1. The molecule has 2 rings (SSSR count). The lowest BCUT2D eigenvalue weighted by Crippen LogP contribution is -2.24. The van der Waals surface area contributed by atoms with E-state index in [0.29, 0.717) is 10.8 Å². The predicted molar refractivity (Wildman–Crippen MR) is 96.9 cm³/mol. The smallest absolute Gasteiger partial charge is 0.277 e. The minimum Gasteiger partial charge on any atom is -0.482 e. The third kappa shape index (κ3) is 6.26. The summed E-state index contributed by atoms with van der Waals surface area (Å²) in [5, 5.41) is 4.31. The van der Waals surface area contributed by atoms with Gasteiger partial charge in [0.2, 0.25) is 0 Å². The molecule has 4 nitrogen and oxygen atoms in total. The van der Waals surface area contributed by atoms with Crippen LogP contribution in [0.4, 0.5) is 0 Å². The Bertz CT molecular complexity index is 718. The van der Waals surface area contributed by atoms with Crippen LogP contribution < -0.4 is 10.2 Å². The van der Waals surface area contributed by atoms with Crippen molar-refractivity contribution in [3.8, 4) is 5.75 Å². The van der Waals surface area contributed by atoms with E-state index in [-0.39, 0.29) is 12.5 Å². The molecule has 0 bridgehead atoms. The molecule has 0 radical (unpaired) electrons. The average molecular weight is 394 g/mol. The number of carbonyl (C=O) groups excluding carboxylic acids is 1. The van der Waals surface area contributed by atoms with Crippen LogP contribution in [0.2, 0.25) is 5.02 Å². The van der Waals surface area contributed by atoms with E-state index in [4.69, 9.17) is 16.3 Å². The summed E-state index contributed by atoms with van der Waals surface area (Å²) in [5.74, 6) is 0.0830. The van der Waals surface area contributed by atoms with Crippen LogP contribution in [0.3, 0.4) is 0 Å². The quantitative estimate of drug-likeness (QED) is 0.589. The Morgan fingerprint density at radius 3 is 2.61 bits per heavy atom. The molecule has 2 aromatic rings. The normalized spacial score (nSPS) is 11.5. The predicted octanol–water partition coefficient (Wildman–Crippen LogP) is 4.26. The van der Waals surface area contributed by atoms with Gasteiger partial charge in [-0.3, -0.25) is 4.79 Å². The summed E-state index contributed by atoms with van der Waals surface area (Å²) in [6.45, 7) is -0.166. The van der Waals surface area contributed by atoms with Gasteiger partial charge in [-0.2, -0.15) is 5.10 Å². The summed E-state index contributed by atoms with van der Waals surface area (Å²) in [6.07, 6.45) is 3.39. The molecular formula is C17H14BrClN2O2. The number of rotatable bonds is 6. The fourth-order valence-electron chi connectivity index (χ4n) is 1.65. The van der Waals surface area contributed by atoms with Gasteiger partial charge in [0.1, 0.15) is 5.75 Å². The first kappa shape index (κ1) is 17.2. The van der Waals surface area contributed by atoms with Crippen molar-refractivity contribution in [2.75, 3.05) is 6.61 Å². The topological polar surface area (TPSA) is 50.7 Å². The molecular weight excluding hydrogens is 380 g/mol. The highest BCUT2D eigenvalue weighted by atomic mass is 79.9. The first-order chi connectivity index (χ1) is 11.1. The Hall–Kier alpha value is -2.11. The van der Waals surface area contributed by atoms with Crippen LogP contribution in [-0.4, -0.2) is 18.7 Å². The van der Waals surface area contributed by atoms with Gasteiger partial charge >= 0.3 is 0 Å². The second-order valence-corrected chi connectivity index (χ2v) is 5.78. The van der Waals surface area contributed by atoms with Crippen molar-refractivity contribution in [3.63, 3.8) is 0 Å². The minimum atomic E-state index is -0.374. The maximum absolute atomic E-state index is 11.6. The molecule has 0 aliphatic heterocycles. The number of para-hydroxylation sites is 1. The van der Waals surface area contributed by atoms with Gasteiger partial charge in [-0.1, -0.05) is 54.1 Å². The number of carbonyl (C=O) groups is 1. The molecule has 0 atom stereocenters. The summed E-state index contributed by atoms with van der Waals surface area (Å²) in [6, 6.07) is 16.7. The standard InChI is InChI=1S/C17H14BrClN2O2/c18-14(10-13-6-2-1-3-7-13)11-20-21-17(22)12-23-16-9-5-4-8-15(16)19/h1-11H,12H2,(H,21,22)/b14-10-,20-11+. The molecule has 0 aliphatic carbocycles. The maximum Gasteiger partial charge on any atom is 0.277 e. The van der Waals surface area contributed by atoms with E-state index < -0.39 is 0 Å². The molecule has 23 heavy (non-hydrogen) atoms. The average Bonchev–Trinajstić information content (AvgIpc) is 2.55. The number of nitrogens with one attached hydrogen (secondary N) is 1. The SMILES string of the molecule is O=C(COc1ccccc1Cl)N/N=C/C(Br)=C/c1ccccc1. The summed E-state index contributed by atoms with van der Waals surface area (Å²) < 4.78 is 6.04. The second kappa shape index (κ2) is 9.12. The Labute approximate surface area is 147 Å². The molecule has 2 aromatic carbocycles. The van der Waals surface area contributed by atoms with E-state index in [2.05, 4.69) is 26.5 Å². The maximum atomic E-state index is 11.6. The molecule has 1 N–H and O–H groups in total. The van der Waals surface area contributed by atoms with Crippen molar-refractivity contribution in [1.82, 2.24) is 5.43 Å². The molecule has 118 valence electrons. The summed E-state index contributed by atoms with van der Waals surface area (Å²) in [4.78, 5) is 11.6. The van der Waals surface area contributed by atoms with Crippen molar-refractivity contribution < 1.29 is 9.53 Å². The molecule has 0 spiro atoms. The first-order valence-corrected chi connectivity index (χ1v) is 7.94. The molecule has 0 aromatic heterocycles. The third-order valence-electron chi connectivity index (χ3n) is 2.68. The van der Waals surface area contributed by atoms with Crippen LogP contribution >= 0.6 is 27.5 Å². The van der Waals surface area contributed by atoms with Crippen LogP contribution in [0, 0.1) is 0 Å². The molecule has 0 saturated carbocycles. The van der Waals surface area contributed by atoms with Gasteiger partial charge in [0.25, 0.3) is 5.91 Å². The van der Waals surface area contributed by atoms with E-state index >= 15 is 0 Å². The number of hydrogen-bond acceptors (Lipinski definition) is 3. The largest absolute Gasteiger partial charge is 0.482 e. The zero-order chi connectivity index (χ0) is 16.5. The molecule has 0 fully saturated rings. The van der Waals surface area contributed by atoms with Crippen molar-refractivity contribution in [2.45, 2.75) is 0 Å². The Balaban J connectivity index is 1.80. The molecule has 0 aliphatic rings. The number of nitrogens with zero attached hydrogens (tertiary/aromatic N) is 1. The van der Waals surface area contributed by atoms with Crippen LogP contribution in [0.25, 0.3) is 6.08 Å². The van der Waals surface area contributed by atoms with Crippen molar-refractivity contribution in [2.24, 2.45) is 5.10 Å². The van der Waals surface area contributed by atoms with E-state index in [1.165, 1.54) is 6.21 Å². The summed E-state index contributed by atoms with van der Waals surface area (Å²) >= 11 is 9.29. The summed E-state index contributed by atoms with van der Waals surface area (Å²) in [5.41, 5.74) is 3.41. The van der Waals surface area contributed by atoms with Gasteiger partial charge < -0.3 is 4.74 Å². The van der Waals surface area contributed by atoms with Crippen LogP contribution in [0.1, 0.15) is 5.56 Å². The minimum absolute atomic E-state index is 0.166. The highest BCUT2D eigenvalue weighted by molar-refractivity contribution is 9.12. The molecule has 1 amide bonds. The first-order valence-electron chi connectivity index (χ1n) is 6.76. The van der Waals surface area contributed by atoms with Gasteiger partial charge in [-0.15, -0.1) is 0 Å². The lowest BCUT2D eigenvalue weighted by atomic mass is 10.2. The third-order valence-corrected chi connectivity index (χ3v) is 3.42. The Morgan fingerprint density at radius 1 is 1.17 bits per heavy atom. The van der Waals surface area contributed by atoms with Crippen molar-refractivity contribution in [3.05, 3.63) is 69.7 Å². The van der Waals surface area contributed by atoms with Gasteiger partial charge in [-0.05, 0) is 39.7 Å². The monoisotopic (exact) mass is 392 g/mol. The van der Waals surface area contributed by atoms with E-state index in [9.17, 15) is 4.79 Å². The van der Waals surface area contributed by atoms with Crippen LogP contribution in [-0.2, 0) is 4.79 Å². The van der Waals surface area contributed by atoms with Gasteiger partial charge in [-0.25, -0.2) is 5.43 Å². The van der Waals surface area contributed by atoms with Gasteiger partial charge in [0.05, 0.1) is 11.2 Å². The summed E-state index contributed by atoms with van der Waals surface area (Å²) in [7, 11) is 0. The second-order valence-electron chi connectivity index (χ2n) is 4.45. The lowest BCUT2D eigenvalue weighted by molar-refractivity contribution is -0.123.